The van der Waals surface area contributed by atoms with Crippen molar-refractivity contribution in [1.82, 2.24) is 15.0 Å². The van der Waals surface area contributed by atoms with Crippen LogP contribution in [0.15, 0.2) is 46.6 Å². The summed E-state index contributed by atoms with van der Waals surface area (Å²) in [5, 5.41) is 15.0. The Kier molecular flexibility index (Phi) is 5.36. The average molecular weight is 385 g/mol. The molecule has 3 rings (SSSR count). The van der Waals surface area contributed by atoms with Gasteiger partial charge in [-0.15, -0.1) is 11.3 Å². The highest BCUT2D eigenvalue weighted by Gasteiger charge is 2.10. The SMILES string of the molecule is CCc1cc2c(=O)n(CC(=O)N/N=C/c3cccc([N+](=O)[O-])c3)cnc2s1. The largest absolute Gasteiger partial charge is 0.289 e. The number of hydrogen-bond acceptors (Lipinski definition) is 7. The molecule has 0 saturated heterocycles. The first-order valence-corrected chi connectivity index (χ1v) is 8.83. The van der Waals surface area contributed by atoms with E-state index in [1.54, 1.807) is 12.1 Å². The van der Waals surface area contributed by atoms with Crippen LogP contribution in [0.25, 0.3) is 10.2 Å². The third-order valence-corrected chi connectivity index (χ3v) is 4.90. The Balaban J connectivity index is 1.68. The molecule has 0 radical (unpaired) electrons. The highest BCUT2D eigenvalue weighted by Crippen LogP contribution is 2.20. The zero-order valence-corrected chi connectivity index (χ0v) is 15.1. The van der Waals surface area contributed by atoms with Crippen LogP contribution < -0.4 is 11.0 Å². The second-order valence-electron chi connectivity index (χ2n) is 5.61. The summed E-state index contributed by atoms with van der Waals surface area (Å²) in [6, 6.07) is 7.63. The van der Waals surface area contributed by atoms with Crippen molar-refractivity contribution in [3.63, 3.8) is 0 Å². The van der Waals surface area contributed by atoms with E-state index >= 15 is 0 Å². The summed E-state index contributed by atoms with van der Waals surface area (Å²) in [4.78, 5) is 40.6. The van der Waals surface area contributed by atoms with Gasteiger partial charge in [-0.1, -0.05) is 19.1 Å². The van der Waals surface area contributed by atoms with Crippen LogP contribution in [0.3, 0.4) is 0 Å². The molecule has 3 aromatic rings. The minimum atomic E-state index is -0.514. The van der Waals surface area contributed by atoms with Gasteiger partial charge in [-0.2, -0.15) is 5.10 Å². The average Bonchev–Trinajstić information content (AvgIpc) is 3.08. The van der Waals surface area contributed by atoms with Gasteiger partial charge >= 0.3 is 0 Å². The minimum absolute atomic E-state index is 0.0709. The molecule has 2 heterocycles. The number of amides is 1. The molecule has 0 bridgehead atoms. The van der Waals surface area contributed by atoms with Crippen molar-refractivity contribution in [3.05, 3.63) is 67.6 Å². The number of fused-ring (bicyclic) bond motifs is 1. The molecule has 1 aromatic carbocycles. The number of nitro groups is 1. The Labute approximate surface area is 157 Å². The topological polar surface area (TPSA) is 119 Å². The van der Waals surface area contributed by atoms with E-state index in [1.807, 2.05) is 6.92 Å². The summed E-state index contributed by atoms with van der Waals surface area (Å²) in [6.45, 7) is 1.77. The summed E-state index contributed by atoms with van der Waals surface area (Å²) in [5.74, 6) is -0.508. The van der Waals surface area contributed by atoms with E-state index in [0.29, 0.717) is 15.8 Å². The quantitative estimate of drug-likeness (QED) is 0.396. The fraction of sp³-hybridized carbons (Fsp3) is 0.176. The van der Waals surface area contributed by atoms with Crippen molar-refractivity contribution in [2.24, 2.45) is 5.10 Å². The standard InChI is InChI=1S/C17H15N5O4S/c1-2-13-7-14-16(27-13)18-10-21(17(14)24)9-15(23)20-19-8-11-4-3-5-12(6-11)22(25)26/h3-8,10H,2,9H2,1H3,(H,20,23)/b19-8+. The molecule has 138 valence electrons. The van der Waals surface area contributed by atoms with Gasteiger partial charge in [0.25, 0.3) is 17.2 Å². The smallest absolute Gasteiger partial charge is 0.270 e. The zero-order chi connectivity index (χ0) is 19.4. The monoisotopic (exact) mass is 385 g/mol. The number of rotatable bonds is 6. The van der Waals surface area contributed by atoms with Crippen molar-refractivity contribution in [2.75, 3.05) is 0 Å². The number of nitrogens with one attached hydrogen (secondary N) is 1. The predicted octanol–water partition coefficient (Wildman–Crippen LogP) is 2.08. The minimum Gasteiger partial charge on any atom is -0.289 e. The van der Waals surface area contributed by atoms with Crippen molar-refractivity contribution < 1.29 is 9.72 Å². The fourth-order valence-electron chi connectivity index (χ4n) is 2.38. The Morgan fingerprint density at radius 3 is 3.00 bits per heavy atom. The molecule has 9 nitrogen and oxygen atoms in total. The van der Waals surface area contributed by atoms with Gasteiger partial charge in [0.05, 0.1) is 22.9 Å². The predicted molar refractivity (Wildman–Crippen MR) is 102 cm³/mol. The van der Waals surface area contributed by atoms with Crippen LogP contribution in [0.1, 0.15) is 17.4 Å². The van der Waals surface area contributed by atoms with Gasteiger partial charge in [0, 0.05) is 22.6 Å². The number of hydrazone groups is 1. The fourth-order valence-corrected chi connectivity index (χ4v) is 3.31. The lowest BCUT2D eigenvalue weighted by Gasteiger charge is -2.03. The maximum Gasteiger partial charge on any atom is 0.270 e. The summed E-state index contributed by atoms with van der Waals surface area (Å²) >= 11 is 1.46. The van der Waals surface area contributed by atoms with Gasteiger partial charge in [0.15, 0.2) is 0 Å². The number of aryl methyl sites for hydroxylation is 1. The van der Waals surface area contributed by atoms with E-state index in [9.17, 15) is 19.7 Å². The second kappa shape index (κ2) is 7.87. The van der Waals surface area contributed by atoms with E-state index in [2.05, 4.69) is 15.5 Å². The third-order valence-electron chi connectivity index (χ3n) is 3.72. The lowest BCUT2D eigenvalue weighted by Crippen LogP contribution is -2.29. The molecule has 27 heavy (non-hydrogen) atoms. The van der Waals surface area contributed by atoms with Crippen molar-refractivity contribution >= 4 is 39.4 Å². The summed E-state index contributed by atoms with van der Waals surface area (Å²) in [7, 11) is 0. The van der Waals surface area contributed by atoms with Gasteiger partial charge in [-0.25, -0.2) is 10.4 Å². The third kappa shape index (κ3) is 4.23. The van der Waals surface area contributed by atoms with E-state index in [4.69, 9.17) is 0 Å². The van der Waals surface area contributed by atoms with Gasteiger partial charge in [-0.3, -0.25) is 24.3 Å². The molecule has 0 unspecified atom stereocenters. The maximum absolute atomic E-state index is 12.4. The maximum atomic E-state index is 12.4. The molecule has 0 saturated carbocycles. The molecule has 0 aliphatic carbocycles. The zero-order valence-electron chi connectivity index (χ0n) is 14.3. The first kappa shape index (κ1) is 18.4. The van der Waals surface area contributed by atoms with E-state index in [0.717, 1.165) is 11.3 Å². The summed E-state index contributed by atoms with van der Waals surface area (Å²) < 4.78 is 1.21. The van der Waals surface area contributed by atoms with Crippen LogP contribution in [-0.4, -0.2) is 26.6 Å². The van der Waals surface area contributed by atoms with Crippen molar-refractivity contribution in [1.29, 1.82) is 0 Å². The molecule has 0 spiro atoms. The number of aromatic nitrogens is 2. The van der Waals surface area contributed by atoms with Crippen LogP contribution in [0.5, 0.6) is 0 Å². The van der Waals surface area contributed by atoms with Crippen LogP contribution in [0, 0.1) is 10.1 Å². The van der Waals surface area contributed by atoms with Gasteiger partial charge in [-0.05, 0) is 12.5 Å². The molecule has 1 N–H and O–H groups in total. The van der Waals surface area contributed by atoms with Crippen LogP contribution >= 0.6 is 11.3 Å². The molecular weight excluding hydrogens is 370 g/mol. The molecule has 10 heteroatoms. The first-order valence-electron chi connectivity index (χ1n) is 8.02. The van der Waals surface area contributed by atoms with E-state index in [1.165, 1.54) is 46.6 Å². The first-order chi connectivity index (χ1) is 13.0. The second-order valence-corrected chi connectivity index (χ2v) is 6.72. The molecule has 0 atom stereocenters. The molecule has 0 fully saturated rings. The number of carbonyl (C=O) groups is 1. The van der Waals surface area contributed by atoms with Crippen LogP contribution in [0.4, 0.5) is 5.69 Å². The van der Waals surface area contributed by atoms with Gasteiger partial charge in [0.1, 0.15) is 11.4 Å². The number of non-ortho nitro benzene ring substituents is 1. The molecule has 1 amide bonds. The van der Waals surface area contributed by atoms with Crippen LogP contribution in [-0.2, 0) is 17.8 Å². The van der Waals surface area contributed by atoms with Crippen molar-refractivity contribution in [3.8, 4) is 0 Å². The Morgan fingerprint density at radius 2 is 2.26 bits per heavy atom. The lowest BCUT2D eigenvalue weighted by molar-refractivity contribution is -0.384. The summed E-state index contributed by atoms with van der Waals surface area (Å²) in [5.41, 5.74) is 2.41. The lowest BCUT2D eigenvalue weighted by atomic mass is 10.2. The molecule has 2 aromatic heterocycles. The molecule has 0 aliphatic heterocycles. The number of nitrogens with zero attached hydrogens (tertiary/aromatic N) is 4. The Bertz CT molecular complexity index is 1100. The van der Waals surface area contributed by atoms with Crippen molar-refractivity contribution in [2.45, 2.75) is 19.9 Å². The van der Waals surface area contributed by atoms with Crippen LogP contribution in [0.2, 0.25) is 0 Å². The number of hydrogen-bond donors (Lipinski definition) is 1. The number of benzene rings is 1. The van der Waals surface area contributed by atoms with Gasteiger partial charge in [0.2, 0.25) is 0 Å². The number of thiophene rings is 1. The van der Waals surface area contributed by atoms with Gasteiger partial charge < -0.3 is 0 Å². The van der Waals surface area contributed by atoms with E-state index in [-0.39, 0.29) is 17.8 Å². The Morgan fingerprint density at radius 1 is 1.44 bits per heavy atom. The highest BCUT2D eigenvalue weighted by atomic mass is 32.1. The molecule has 0 aliphatic rings. The van der Waals surface area contributed by atoms with E-state index < -0.39 is 10.8 Å². The molecular formula is C17H15N5O4S. The number of carbonyl (C=O) groups excluding carboxylic acids is 1. The normalized spacial score (nSPS) is 11.1. The number of nitro benzene ring substituents is 1. The highest BCUT2D eigenvalue weighted by molar-refractivity contribution is 7.18. The summed E-state index contributed by atoms with van der Waals surface area (Å²) in [6.07, 6.45) is 3.44. The Hall–Kier alpha value is -3.40.